The van der Waals surface area contributed by atoms with E-state index in [0.717, 1.165) is 32.3 Å². The number of ether oxygens (including phenoxy) is 2. The Morgan fingerprint density at radius 2 is 1.71 bits per heavy atom. The van der Waals surface area contributed by atoms with Crippen LogP contribution in [0.4, 0.5) is 0 Å². The lowest BCUT2D eigenvalue weighted by Crippen LogP contribution is -2.34. The van der Waals surface area contributed by atoms with E-state index in [1.54, 1.807) is 0 Å². The van der Waals surface area contributed by atoms with Crippen molar-refractivity contribution in [2.75, 3.05) is 13.2 Å². The third kappa shape index (κ3) is 4.57. The Bertz CT molecular complexity index is 202. The zero-order chi connectivity index (χ0) is 11.9. The molecule has 1 aliphatic carbocycles. The van der Waals surface area contributed by atoms with Crippen molar-refractivity contribution in [1.82, 2.24) is 0 Å². The van der Waals surface area contributed by atoms with Crippen molar-refractivity contribution in [3.63, 3.8) is 0 Å². The number of hydrogen-bond acceptors (Lipinski definition) is 3. The summed E-state index contributed by atoms with van der Waals surface area (Å²) >= 11 is 0. The van der Waals surface area contributed by atoms with Crippen molar-refractivity contribution in [3.8, 4) is 0 Å². The highest BCUT2D eigenvalue weighted by Crippen LogP contribution is 2.21. The topological polar surface area (TPSA) is 38.7 Å². The van der Waals surface area contributed by atoms with E-state index in [2.05, 4.69) is 0 Å². The molecule has 0 spiro atoms. The SMILES string of the molecule is OC1CCCCCCC1OCC1CCCCO1. The first-order valence-corrected chi connectivity index (χ1v) is 7.27. The third-order valence-electron chi connectivity index (χ3n) is 3.94. The van der Waals surface area contributed by atoms with Gasteiger partial charge in [-0.1, -0.05) is 25.7 Å². The molecule has 2 fully saturated rings. The second kappa shape index (κ2) is 7.34. The maximum absolute atomic E-state index is 10.0. The zero-order valence-electron chi connectivity index (χ0n) is 10.8. The van der Waals surface area contributed by atoms with Gasteiger partial charge in [0.15, 0.2) is 0 Å². The molecule has 3 nitrogen and oxygen atoms in total. The Morgan fingerprint density at radius 1 is 0.941 bits per heavy atom. The molecule has 0 aromatic heterocycles. The van der Waals surface area contributed by atoms with Crippen LogP contribution >= 0.6 is 0 Å². The van der Waals surface area contributed by atoms with Crippen molar-refractivity contribution in [2.45, 2.75) is 76.1 Å². The Morgan fingerprint density at radius 3 is 2.47 bits per heavy atom. The molecule has 0 amide bonds. The molecule has 17 heavy (non-hydrogen) atoms. The molecule has 0 radical (unpaired) electrons. The van der Waals surface area contributed by atoms with E-state index in [4.69, 9.17) is 9.47 Å². The highest BCUT2D eigenvalue weighted by Gasteiger charge is 2.23. The van der Waals surface area contributed by atoms with E-state index in [1.807, 2.05) is 0 Å². The van der Waals surface area contributed by atoms with Crippen LogP contribution in [0.1, 0.15) is 57.8 Å². The lowest BCUT2D eigenvalue weighted by molar-refractivity contribution is -0.0995. The van der Waals surface area contributed by atoms with Gasteiger partial charge in [-0.05, 0) is 32.1 Å². The van der Waals surface area contributed by atoms with Crippen LogP contribution in [0.3, 0.4) is 0 Å². The normalized spacial score (nSPS) is 36.2. The maximum Gasteiger partial charge on any atom is 0.0835 e. The van der Waals surface area contributed by atoms with Crippen molar-refractivity contribution >= 4 is 0 Å². The molecule has 1 saturated carbocycles. The molecule has 1 N–H and O–H groups in total. The van der Waals surface area contributed by atoms with Gasteiger partial charge in [0.25, 0.3) is 0 Å². The van der Waals surface area contributed by atoms with Crippen LogP contribution in [-0.4, -0.2) is 36.6 Å². The van der Waals surface area contributed by atoms with E-state index < -0.39 is 0 Å². The van der Waals surface area contributed by atoms with Gasteiger partial charge >= 0.3 is 0 Å². The van der Waals surface area contributed by atoms with Crippen molar-refractivity contribution < 1.29 is 14.6 Å². The average molecular weight is 242 g/mol. The van der Waals surface area contributed by atoms with Crippen LogP contribution in [0.25, 0.3) is 0 Å². The first kappa shape index (κ1) is 13.3. The fraction of sp³-hybridized carbons (Fsp3) is 1.00. The summed E-state index contributed by atoms with van der Waals surface area (Å²) in [6.45, 7) is 1.54. The quantitative estimate of drug-likeness (QED) is 0.827. The Labute approximate surface area is 104 Å². The van der Waals surface area contributed by atoms with Crippen molar-refractivity contribution in [2.24, 2.45) is 0 Å². The number of aliphatic hydroxyl groups excluding tert-OH is 1. The number of rotatable bonds is 3. The predicted octanol–water partition coefficient (Wildman–Crippen LogP) is 2.66. The summed E-state index contributed by atoms with van der Waals surface area (Å²) in [5, 5.41) is 10.0. The molecule has 0 bridgehead atoms. The average Bonchev–Trinajstić information content (AvgIpc) is 2.35. The summed E-state index contributed by atoms with van der Waals surface area (Å²) in [5.41, 5.74) is 0. The van der Waals surface area contributed by atoms with Crippen LogP contribution in [0.2, 0.25) is 0 Å². The zero-order valence-corrected chi connectivity index (χ0v) is 10.8. The Kier molecular flexibility index (Phi) is 5.75. The van der Waals surface area contributed by atoms with E-state index in [0.29, 0.717) is 6.61 Å². The van der Waals surface area contributed by atoms with Crippen LogP contribution < -0.4 is 0 Å². The maximum atomic E-state index is 10.0. The minimum absolute atomic E-state index is 0.0424. The first-order valence-electron chi connectivity index (χ1n) is 7.27. The molecular weight excluding hydrogens is 216 g/mol. The smallest absolute Gasteiger partial charge is 0.0835 e. The second-order valence-electron chi connectivity index (χ2n) is 5.42. The summed E-state index contributed by atoms with van der Waals surface area (Å²) in [6, 6.07) is 0. The Balaban J connectivity index is 1.71. The molecule has 0 aromatic carbocycles. The molecule has 2 aliphatic rings. The summed E-state index contributed by atoms with van der Waals surface area (Å²) in [7, 11) is 0. The van der Waals surface area contributed by atoms with Gasteiger partial charge in [0, 0.05) is 6.61 Å². The lowest BCUT2D eigenvalue weighted by atomic mass is 9.96. The minimum atomic E-state index is -0.265. The summed E-state index contributed by atoms with van der Waals surface area (Å²) in [5.74, 6) is 0. The van der Waals surface area contributed by atoms with E-state index >= 15 is 0 Å². The van der Waals surface area contributed by atoms with Gasteiger partial charge in [-0.3, -0.25) is 0 Å². The highest BCUT2D eigenvalue weighted by atomic mass is 16.5. The second-order valence-corrected chi connectivity index (χ2v) is 5.42. The van der Waals surface area contributed by atoms with Gasteiger partial charge in [-0.15, -0.1) is 0 Å². The van der Waals surface area contributed by atoms with Gasteiger partial charge in [-0.2, -0.15) is 0 Å². The van der Waals surface area contributed by atoms with Gasteiger partial charge in [0.1, 0.15) is 0 Å². The summed E-state index contributed by atoms with van der Waals surface area (Å²) in [6.07, 6.45) is 10.4. The van der Waals surface area contributed by atoms with Gasteiger partial charge < -0.3 is 14.6 Å². The van der Waals surface area contributed by atoms with Gasteiger partial charge in [0.05, 0.1) is 24.9 Å². The van der Waals surface area contributed by atoms with Crippen LogP contribution in [-0.2, 0) is 9.47 Å². The van der Waals surface area contributed by atoms with Gasteiger partial charge in [-0.25, -0.2) is 0 Å². The number of hydrogen-bond donors (Lipinski definition) is 1. The fourth-order valence-corrected chi connectivity index (χ4v) is 2.80. The largest absolute Gasteiger partial charge is 0.390 e. The lowest BCUT2D eigenvalue weighted by Gasteiger charge is -2.29. The standard InChI is InChI=1S/C14H26O3/c15-13-8-3-1-2-4-9-14(13)17-11-12-7-5-6-10-16-12/h12-15H,1-11H2. The molecule has 2 rings (SSSR count). The predicted molar refractivity (Wildman–Crippen MR) is 67.0 cm³/mol. The summed E-state index contributed by atoms with van der Waals surface area (Å²) in [4.78, 5) is 0. The highest BCUT2D eigenvalue weighted by molar-refractivity contribution is 4.73. The van der Waals surface area contributed by atoms with E-state index in [1.165, 1.54) is 32.1 Å². The molecule has 1 aliphatic heterocycles. The van der Waals surface area contributed by atoms with Gasteiger partial charge in [0.2, 0.25) is 0 Å². The molecule has 100 valence electrons. The minimum Gasteiger partial charge on any atom is -0.390 e. The van der Waals surface area contributed by atoms with E-state index in [9.17, 15) is 5.11 Å². The molecule has 1 heterocycles. The molecule has 3 heteroatoms. The summed E-state index contributed by atoms with van der Waals surface area (Å²) < 4.78 is 11.5. The molecule has 1 saturated heterocycles. The molecule has 3 atom stereocenters. The van der Waals surface area contributed by atoms with E-state index in [-0.39, 0.29) is 18.3 Å². The number of aliphatic hydroxyl groups is 1. The molecular formula is C14H26O3. The van der Waals surface area contributed by atoms with Crippen molar-refractivity contribution in [3.05, 3.63) is 0 Å². The third-order valence-corrected chi connectivity index (χ3v) is 3.94. The molecule has 0 aromatic rings. The van der Waals surface area contributed by atoms with Crippen LogP contribution in [0.15, 0.2) is 0 Å². The van der Waals surface area contributed by atoms with Crippen LogP contribution in [0.5, 0.6) is 0 Å². The fourth-order valence-electron chi connectivity index (χ4n) is 2.80. The monoisotopic (exact) mass is 242 g/mol. The molecule has 3 unspecified atom stereocenters. The Hall–Kier alpha value is -0.120. The van der Waals surface area contributed by atoms with Crippen LogP contribution in [0, 0.1) is 0 Å². The first-order chi connectivity index (χ1) is 8.36. The van der Waals surface area contributed by atoms with Crippen molar-refractivity contribution in [1.29, 1.82) is 0 Å².